The van der Waals surface area contributed by atoms with Crippen molar-refractivity contribution in [3.63, 3.8) is 0 Å². The summed E-state index contributed by atoms with van der Waals surface area (Å²) in [5.74, 6) is -1.47. The van der Waals surface area contributed by atoms with E-state index in [2.05, 4.69) is 10.3 Å². The molecule has 5 nitrogen and oxygen atoms in total. The fourth-order valence-corrected chi connectivity index (χ4v) is 3.63. The number of nitrogen functional groups attached to an aromatic ring is 1. The van der Waals surface area contributed by atoms with Crippen molar-refractivity contribution in [2.75, 3.05) is 18.2 Å². The third kappa shape index (κ3) is 3.52. The molecule has 0 atom stereocenters. The maximum Gasteiger partial charge on any atom is 0.417 e. The van der Waals surface area contributed by atoms with Crippen LogP contribution < -0.4 is 15.8 Å². The lowest BCUT2D eigenvalue weighted by atomic mass is 10.1. The SMILES string of the molecule is COc1ccc(NC(=O)c2sc3nc(C)cc(C(F)(F)F)c3c2N)cc1F. The minimum absolute atomic E-state index is 0.00545. The summed E-state index contributed by atoms with van der Waals surface area (Å²) in [6.07, 6.45) is -4.64. The van der Waals surface area contributed by atoms with Gasteiger partial charge >= 0.3 is 6.18 Å². The Morgan fingerprint density at radius 2 is 2.00 bits per heavy atom. The van der Waals surface area contributed by atoms with Gasteiger partial charge in [0.15, 0.2) is 11.6 Å². The molecule has 3 rings (SSSR count). The third-order valence-corrected chi connectivity index (χ3v) is 4.85. The molecular formula is C17H13F4N3O2S. The topological polar surface area (TPSA) is 77.2 Å². The second-order valence-electron chi connectivity index (χ2n) is 5.64. The molecule has 27 heavy (non-hydrogen) atoms. The molecule has 0 radical (unpaired) electrons. The van der Waals surface area contributed by atoms with Gasteiger partial charge in [-0.2, -0.15) is 13.2 Å². The van der Waals surface area contributed by atoms with Crippen molar-refractivity contribution in [1.29, 1.82) is 0 Å². The molecule has 1 amide bonds. The van der Waals surface area contributed by atoms with E-state index in [1.54, 1.807) is 0 Å². The highest BCUT2D eigenvalue weighted by atomic mass is 32.1. The van der Waals surface area contributed by atoms with Crippen molar-refractivity contribution >= 4 is 38.8 Å². The summed E-state index contributed by atoms with van der Waals surface area (Å²) in [7, 11) is 1.29. The molecule has 0 fully saturated rings. The number of halogens is 4. The number of aromatic nitrogens is 1. The van der Waals surface area contributed by atoms with Crippen molar-refractivity contribution in [3.8, 4) is 5.75 Å². The molecule has 0 spiro atoms. The number of nitrogens with two attached hydrogens (primary N) is 1. The number of alkyl halides is 3. The Morgan fingerprint density at radius 3 is 2.59 bits per heavy atom. The van der Waals surface area contributed by atoms with Gasteiger partial charge in [0.05, 0.1) is 18.4 Å². The lowest BCUT2D eigenvalue weighted by Crippen LogP contribution is -2.12. The van der Waals surface area contributed by atoms with E-state index in [0.29, 0.717) is 0 Å². The first-order valence-electron chi connectivity index (χ1n) is 7.53. The van der Waals surface area contributed by atoms with Crippen molar-refractivity contribution in [3.05, 3.63) is 46.2 Å². The van der Waals surface area contributed by atoms with E-state index < -0.39 is 23.5 Å². The number of ether oxygens (including phenoxy) is 1. The predicted octanol–water partition coefficient (Wildman–Crippen LogP) is 4.61. The van der Waals surface area contributed by atoms with Crippen LogP contribution in [0.4, 0.5) is 28.9 Å². The lowest BCUT2D eigenvalue weighted by molar-refractivity contribution is -0.136. The Bertz CT molecular complexity index is 1050. The number of fused-ring (bicyclic) bond motifs is 1. The van der Waals surface area contributed by atoms with E-state index in [-0.39, 0.29) is 37.9 Å². The quantitative estimate of drug-likeness (QED) is 0.631. The maximum atomic E-state index is 13.7. The second kappa shape index (κ2) is 6.69. The van der Waals surface area contributed by atoms with Crippen LogP contribution in [0.2, 0.25) is 0 Å². The standard InChI is InChI=1S/C17H13F4N3O2S/c1-7-5-9(17(19,20)21)12-13(22)14(27-16(12)23-7)15(25)24-8-3-4-11(26-2)10(18)6-8/h3-6H,22H2,1-2H3,(H,24,25). The number of rotatable bonds is 3. The van der Waals surface area contributed by atoms with E-state index in [1.807, 2.05) is 0 Å². The summed E-state index contributed by atoms with van der Waals surface area (Å²) >= 11 is 0.741. The highest BCUT2D eigenvalue weighted by Crippen LogP contribution is 2.42. The molecule has 142 valence electrons. The normalized spacial score (nSPS) is 11.6. The van der Waals surface area contributed by atoms with Crippen LogP contribution in [0.3, 0.4) is 0 Å². The first-order chi connectivity index (χ1) is 12.6. The molecule has 0 aliphatic rings. The zero-order chi connectivity index (χ0) is 19.9. The zero-order valence-corrected chi connectivity index (χ0v) is 14.9. The summed E-state index contributed by atoms with van der Waals surface area (Å²) < 4.78 is 58.5. The number of nitrogens with one attached hydrogen (secondary N) is 1. The summed E-state index contributed by atoms with van der Waals surface area (Å²) in [4.78, 5) is 16.4. The van der Waals surface area contributed by atoms with Crippen LogP contribution in [0.15, 0.2) is 24.3 Å². The van der Waals surface area contributed by atoms with Crippen molar-refractivity contribution < 1.29 is 27.1 Å². The third-order valence-electron chi connectivity index (χ3n) is 3.75. The molecule has 0 saturated carbocycles. The minimum Gasteiger partial charge on any atom is -0.494 e. The Hall–Kier alpha value is -2.88. The highest BCUT2D eigenvalue weighted by molar-refractivity contribution is 7.21. The average molecular weight is 399 g/mol. The van der Waals surface area contributed by atoms with Crippen LogP contribution >= 0.6 is 11.3 Å². The second-order valence-corrected chi connectivity index (χ2v) is 6.64. The van der Waals surface area contributed by atoms with Gasteiger partial charge in [-0.3, -0.25) is 4.79 Å². The zero-order valence-electron chi connectivity index (χ0n) is 14.1. The molecule has 2 heterocycles. The number of nitrogens with zero attached hydrogens (tertiary/aromatic N) is 1. The van der Waals surface area contributed by atoms with Crippen LogP contribution in [0, 0.1) is 12.7 Å². The fraction of sp³-hybridized carbons (Fsp3) is 0.176. The van der Waals surface area contributed by atoms with Gasteiger partial charge < -0.3 is 15.8 Å². The van der Waals surface area contributed by atoms with Crippen LogP contribution in [0.25, 0.3) is 10.2 Å². The molecule has 3 aromatic rings. The Labute approximate surface area is 154 Å². The summed E-state index contributed by atoms with van der Waals surface area (Å²) in [5, 5.41) is 2.10. The average Bonchev–Trinajstić information content (AvgIpc) is 2.90. The number of anilines is 2. The van der Waals surface area contributed by atoms with Gasteiger partial charge in [-0.15, -0.1) is 11.3 Å². The summed E-state index contributed by atoms with van der Waals surface area (Å²) in [6.45, 7) is 1.42. The number of carbonyl (C=O) groups is 1. The van der Waals surface area contributed by atoms with Crippen LogP contribution in [-0.4, -0.2) is 18.0 Å². The van der Waals surface area contributed by atoms with E-state index in [9.17, 15) is 22.4 Å². The van der Waals surface area contributed by atoms with Crippen LogP contribution in [0.5, 0.6) is 5.75 Å². The smallest absolute Gasteiger partial charge is 0.417 e. The van der Waals surface area contributed by atoms with E-state index in [1.165, 1.54) is 26.2 Å². The number of hydrogen-bond donors (Lipinski definition) is 2. The number of carbonyl (C=O) groups excluding carboxylic acids is 1. The monoisotopic (exact) mass is 399 g/mol. The first kappa shape index (κ1) is 18.9. The number of aryl methyl sites for hydroxylation is 1. The largest absolute Gasteiger partial charge is 0.494 e. The van der Waals surface area contributed by atoms with Gasteiger partial charge in [0, 0.05) is 22.8 Å². The van der Waals surface area contributed by atoms with Gasteiger partial charge in [-0.05, 0) is 25.1 Å². The van der Waals surface area contributed by atoms with Gasteiger partial charge in [-0.25, -0.2) is 9.37 Å². The number of amides is 1. The molecule has 1 aromatic carbocycles. The van der Waals surface area contributed by atoms with Crippen molar-refractivity contribution in [2.24, 2.45) is 0 Å². The number of methoxy groups -OCH3 is 1. The Morgan fingerprint density at radius 1 is 1.30 bits per heavy atom. The summed E-state index contributed by atoms with van der Waals surface area (Å²) in [6, 6.07) is 4.62. The molecular weight excluding hydrogens is 386 g/mol. The predicted molar refractivity (Wildman–Crippen MR) is 94.7 cm³/mol. The molecule has 3 N–H and O–H groups in total. The molecule has 0 aliphatic carbocycles. The summed E-state index contributed by atoms with van der Waals surface area (Å²) in [5.41, 5.74) is 4.82. The lowest BCUT2D eigenvalue weighted by Gasteiger charge is -2.10. The van der Waals surface area contributed by atoms with Gasteiger partial charge in [-0.1, -0.05) is 0 Å². The number of thiophene rings is 1. The number of hydrogen-bond acceptors (Lipinski definition) is 5. The van der Waals surface area contributed by atoms with Gasteiger partial charge in [0.2, 0.25) is 0 Å². The minimum atomic E-state index is -4.64. The molecule has 0 bridgehead atoms. The van der Waals surface area contributed by atoms with Crippen molar-refractivity contribution in [2.45, 2.75) is 13.1 Å². The van der Waals surface area contributed by atoms with Crippen molar-refractivity contribution in [1.82, 2.24) is 4.98 Å². The molecule has 2 aromatic heterocycles. The highest BCUT2D eigenvalue weighted by Gasteiger charge is 2.35. The Balaban J connectivity index is 2.03. The molecule has 0 aliphatic heterocycles. The fourth-order valence-electron chi connectivity index (χ4n) is 2.57. The van der Waals surface area contributed by atoms with Gasteiger partial charge in [0.1, 0.15) is 9.71 Å². The maximum absolute atomic E-state index is 13.7. The first-order valence-corrected chi connectivity index (χ1v) is 8.35. The molecule has 0 unspecified atom stereocenters. The van der Waals surface area contributed by atoms with E-state index in [0.717, 1.165) is 23.5 Å². The van der Waals surface area contributed by atoms with Gasteiger partial charge in [0.25, 0.3) is 5.91 Å². The Kier molecular flexibility index (Phi) is 4.68. The van der Waals surface area contributed by atoms with Crippen LogP contribution in [0.1, 0.15) is 20.9 Å². The van der Waals surface area contributed by atoms with Crippen LogP contribution in [-0.2, 0) is 6.18 Å². The molecule has 10 heteroatoms. The number of benzene rings is 1. The molecule has 0 saturated heterocycles. The number of pyridine rings is 1. The van der Waals surface area contributed by atoms with E-state index in [4.69, 9.17) is 10.5 Å². The van der Waals surface area contributed by atoms with E-state index >= 15 is 0 Å².